The summed E-state index contributed by atoms with van der Waals surface area (Å²) < 4.78 is 77.7. The maximum absolute atomic E-state index is 12.3. The molecule has 2 aliphatic rings. The fraction of sp³-hybridized carbons (Fsp3) is 0.640. The van der Waals surface area contributed by atoms with Crippen molar-refractivity contribution in [3.63, 3.8) is 0 Å². The molecule has 2 aromatic heterocycles. The van der Waals surface area contributed by atoms with Crippen LogP contribution in [0.4, 0.5) is 37.1 Å². The molecule has 2 aliphatic heterocycles. The number of hydrogen-bond acceptors (Lipinski definition) is 9. The SMILES string of the molecule is C[C@@H]1CN(c2ncc(C(F)(F)F)cn2)CCN1.C[C@@H]1CNCCN1C(=O)OC(C)(C)C.FC(F)(F)c1cnc(Cl)nc1. The van der Waals surface area contributed by atoms with E-state index < -0.39 is 29.1 Å². The van der Waals surface area contributed by atoms with Crippen LogP contribution in [0.2, 0.25) is 5.28 Å². The Morgan fingerprint density at radius 1 is 0.905 bits per heavy atom. The van der Waals surface area contributed by atoms with Crippen molar-refractivity contribution in [3.8, 4) is 0 Å². The molecule has 0 saturated carbocycles. The van der Waals surface area contributed by atoms with Gasteiger partial charge < -0.3 is 25.2 Å². The fourth-order valence-electron chi connectivity index (χ4n) is 3.64. The van der Waals surface area contributed by atoms with Crippen LogP contribution in [0.1, 0.15) is 45.7 Å². The first kappa shape index (κ1) is 35.2. The van der Waals surface area contributed by atoms with Gasteiger partial charge in [0.25, 0.3) is 0 Å². The van der Waals surface area contributed by atoms with Crippen molar-refractivity contribution in [3.05, 3.63) is 41.2 Å². The Labute approximate surface area is 245 Å². The third kappa shape index (κ3) is 12.1. The molecule has 10 nitrogen and oxygen atoms in total. The first-order valence-electron chi connectivity index (χ1n) is 13.0. The molecule has 4 heterocycles. The van der Waals surface area contributed by atoms with Crippen LogP contribution in [0.3, 0.4) is 0 Å². The topological polar surface area (TPSA) is 108 Å². The first-order valence-corrected chi connectivity index (χ1v) is 13.4. The monoisotopic (exact) mass is 628 g/mol. The molecule has 0 spiro atoms. The minimum absolute atomic E-state index is 0.196. The number of ether oxygens (including phenoxy) is 1. The second kappa shape index (κ2) is 15.0. The molecule has 42 heavy (non-hydrogen) atoms. The lowest BCUT2D eigenvalue weighted by Gasteiger charge is -2.35. The molecule has 2 fully saturated rings. The Bertz CT molecular complexity index is 1110. The van der Waals surface area contributed by atoms with E-state index in [0.717, 1.165) is 38.6 Å². The molecule has 236 valence electrons. The van der Waals surface area contributed by atoms with Crippen molar-refractivity contribution in [1.29, 1.82) is 0 Å². The molecule has 2 atom stereocenters. The first-order chi connectivity index (χ1) is 19.4. The molecule has 0 bridgehead atoms. The molecular formula is C25H35ClF6N8O2. The minimum Gasteiger partial charge on any atom is -0.444 e. The fourth-order valence-corrected chi connectivity index (χ4v) is 3.73. The summed E-state index contributed by atoms with van der Waals surface area (Å²) in [5.41, 5.74) is -2.12. The van der Waals surface area contributed by atoms with Crippen LogP contribution < -0.4 is 15.5 Å². The van der Waals surface area contributed by atoms with Gasteiger partial charge in [0.15, 0.2) is 0 Å². The zero-order valence-corrected chi connectivity index (χ0v) is 24.6. The van der Waals surface area contributed by atoms with Gasteiger partial charge >= 0.3 is 18.4 Å². The molecule has 2 aromatic rings. The van der Waals surface area contributed by atoms with Gasteiger partial charge in [-0.15, -0.1) is 0 Å². The molecule has 4 rings (SSSR count). The second-order valence-electron chi connectivity index (χ2n) is 10.5. The van der Waals surface area contributed by atoms with Crippen molar-refractivity contribution >= 4 is 23.6 Å². The standard InChI is InChI=1S/C10H13F3N4.C10H20N2O2.C5H2ClF3N2/c1-7-6-17(3-2-14-7)9-15-4-8(5-16-9)10(11,12)13;1-8-7-11-5-6-12(8)9(13)14-10(2,3)4;6-4-10-1-3(2-11-4)5(7,8)9/h4-5,7,14H,2-3,6H2,1H3;8,11H,5-7H2,1-4H3;1-2H/t7-;8-;/m11./s1. The average Bonchev–Trinajstić information content (AvgIpc) is 2.88. The summed E-state index contributed by atoms with van der Waals surface area (Å²) in [4.78, 5) is 29.3. The van der Waals surface area contributed by atoms with E-state index in [1.54, 1.807) is 4.90 Å². The lowest BCUT2D eigenvalue weighted by atomic mass is 10.2. The van der Waals surface area contributed by atoms with E-state index >= 15 is 0 Å². The molecule has 17 heteroatoms. The Morgan fingerprint density at radius 2 is 1.43 bits per heavy atom. The number of nitrogens with zero attached hydrogens (tertiary/aromatic N) is 6. The molecule has 0 radical (unpaired) electrons. The summed E-state index contributed by atoms with van der Waals surface area (Å²) in [6.07, 6.45) is -6.05. The number of aromatic nitrogens is 4. The maximum Gasteiger partial charge on any atom is 0.419 e. The molecule has 0 aromatic carbocycles. The Kier molecular flexibility index (Phi) is 12.5. The maximum atomic E-state index is 12.3. The van der Waals surface area contributed by atoms with Gasteiger partial charge in [0, 0.05) is 76.1 Å². The second-order valence-corrected chi connectivity index (χ2v) is 10.9. The predicted octanol–water partition coefficient (Wildman–Crippen LogP) is 4.66. The number of piperazine rings is 2. The Morgan fingerprint density at radius 3 is 1.88 bits per heavy atom. The lowest BCUT2D eigenvalue weighted by Crippen LogP contribution is -2.53. The molecule has 2 N–H and O–H groups in total. The van der Waals surface area contributed by atoms with Gasteiger partial charge in [-0.05, 0) is 46.2 Å². The highest BCUT2D eigenvalue weighted by atomic mass is 35.5. The summed E-state index contributed by atoms with van der Waals surface area (Å²) >= 11 is 5.17. The third-order valence-electron chi connectivity index (χ3n) is 5.69. The van der Waals surface area contributed by atoms with Crippen molar-refractivity contribution in [2.75, 3.05) is 44.2 Å². The van der Waals surface area contributed by atoms with E-state index in [4.69, 9.17) is 16.3 Å². The summed E-state index contributed by atoms with van der Waals surface area (Å²) in [5.74, 6) is 0.353. The molecule has 2 saturated heterocycles. The van der Waals surface area contributed by atoms with Gasteiger partial charge in [0.2, 0.25) is 11.2 Å². The molecular weight excluding hydrogens is 594 g/mol. The van der Waals surface area contributed by atoms with Gasteiger partial charge in [-0.1, -0.05) is 0 Å². The highest BCUT2D eigenvalue weighted by Crippen LogP contribution is 2.29. The number of amides is 1. The van der Waals surface area contributed by atoms with Crippen LogP contribution >= 0.6 is 11.6 Å². The van der Waals surface area contributed by atoms with Gasteiger partial charge in [-0.3, -0.25) is 0 Å². The number of nitrogens with one attached hydrogen (secondary N) is 2. The van der Waals surface area contributed by atoms with Crippen LogP contribution in [-0.4, -0.2) is 87.9 Å². The van der Waals surface area contributed by atoms with E-state index in [-0.39, 0.29) is 23.5 Å². The number of alkyl halides is 6. The lowest BCUT2D eigenvalue weighted by molar-refractivity contribution is -0.138. The number of hydrogen-bond donors (Lipinski definition) is 2. The van der Waals surface area contributed by atoms with Crippen LogP contribution in [-0.2, 0) is 17.1 Å². The van der Waals surface area contributed by atoms with Gasteiger partial charge in [-0.2, -0.15) is 26.3 Å². The quantitative estimate of drug-likeness (QED) is 0.344. The van der Waals surface area contributed by atoms with Crippen LogP contribution in [0, 0.1) is 0 Å². The van der Waals surface area contributed by atoms with E-state index in [1.807, 2.05) is 39.5 Å². The highest BCUT2D eigenvalue weighted by Gasteiger charge is 2.32. The van der Waals surface area contributed by atoms with E-state index in [1.165, 1.54) is 0 Å². The van der Waals surface area contributed by atoms with Crippen LogP contribution in [0.5, 0.6) is 0 Å². The number of anilines is 1. The molecule has 0 unspecified atom stereocenters. The number of halogens is 7. The summed E-state index contributed by atoms with van der Waals surface area (Å²) in [6, 6.07) is 0.508. The normalized spacial score (nSPS) is 19.6. The van der Waals surface area contributed by atoms with E-state index in [9.17, 15) is 31.1 Å². The summed E-state index contributed by atoms with van der Waals surface area (Å²) in [7, 11) is 0. The van der Waals surface area contributed by atoms with Gasteiger partial charge in [0.05, 0.1) is 11.1 Å². The summed E-state index contributed by atoms with van der Waals surface area (Å²) in [6.45, 7) is 14.3. The molecule has 0 aliphatic carbocycles. The third-order valence-corrected chi connectivity index (χ3v) is 5.89. The van der Waals surface area contributed by atoms with Crippen LogP contribution in [0.15, 0.2) is 24.8 Å². The molecule has 1 amide bonds. The van der Waals surface area contributed by atoms with Crippen molar-refractivity contribution in [2.45, 2.75) is 64.7 Å². The zero-order chi connectivity index (χ0) is 31.7. The average molecular weight is 629 g/mol. The van der Waals surface area contributed by atoms with Gasteiger partial charge in [-0.25, -0.2) is 24.7 Å². The van der Waals surface area contributed by atoms with Gasteiger partial charge in [0.1, 0.15) is 5.60 Å². The summed E-state index contributed by atoms with van der Waals surface area (Å²) in [5, 5.41) is 6.28. The van der Waals surface area contributed by atoms with Crippen molar-refractivity contribution in [1.82, 2.24) is 35.5 Å². The smallest absolute Gasteiger partial charge is 0.419 e. The zero-order valence-electron chi connectivity index (χ0n) is 23.9. The highest BCUT2D eigenvalue weighted by molar-refractivity contribution is 6.28. The predicted molar refractivity (Wildman–Crippen MR) is 144 cm³/mol. The largest absolute Gasteiger partial charge is 0.444 e. The van der Waals surface area contributed by atoms with Crippen molar-refractivity contribution < 1.29 is 35.9 Å². The van der Waals surface area contributed by atoms with E-state index in [2.05, 4.69) is 30.6 Å². The number of carbonyl (C=O) groups excluding carboxylic acids is 1. The Hall–Kier alpha value is -2.98. The number of carbonyl (C=O) groups is 1. The van der Waals surface area contributed by atoms with Crippen LogP contribution in [0.25, 0.3) is 0 Å². The Balaban J connectivity index is 0.000000226. The van der Waals surface area contributed by atoms with E-state index in [0.29, 0.717) is 31.4 Å². The number of rotatable bonds is 1. The van der Waals surface area contributed by atoms with Crippen molar-refractivity contribution in [2.24, 2.45) is 0 Å². The minimum atomic E-state index is -4.40.